The largest absolute Gasteiger partial charge is 0.465 e. The average molecular weight is 356 g/mol. The van der Waals surface area contributed by atoms with E-state index in [4.69, 9.17) is 9.47 Å². The van der Waals surface area contributed by atoms with Crippen LogP contribution >= 0.6 is 0 Å². The molecule has 2 aliphatic carbocycles. The van der Waals surface area contributed by atoms with Crippen LogP contribution in [0.5, 0.6) is 0 Å². The molecule has 4 nitrogen and oxygen atoms in total. The number of benzene rings is 1. The number of hydrogen-bond acceptors (Lipinski definition) is 4. The molecule has 0 heterocycles. The molecule has 2 fully saturated rings. The third-order valence-corrected chi connectivity index (χ3v) is 6.19. The molecule has 5 unspecified atom stereocenters. The van der Waals surface area contributed by atoms with Gasteiger partial charge in [0.1, 0.15) is 0 Å². The van der Waals surface area contributed by atoms with Crippen LogP contribution in [0.3, 0.4) is 0 Å². The summed E-state index contributed by atoms with van der Waals surface area (Å²) < 4.78 is 10.6. The summed E-state index contributed by atoms with van der Waals surface area (Å²) in [5.41, 5.74) is 0.952. The molecule has 1 aromatic carbocycles. The van der Waals surface area contributed by atoms with Crippen LogP contribution in [0.2, 0.25) is 0 Å². The van der Waals surface area contributed by atoms with Gasteiger partial charge < -0.3 is 9.47 Å². The van der Waals surface area contributed by atoms with Crippen molar-refractivity contribution < 1.29 is 19.1 Å². The summed E-state index contributed by atoms with van der Waals surface area (Å²) in [6, 6.07) is 9.59. The van der Waals surface area contributed by atoms with Gasteiger partial charge in [-0.15, -0.1) is 0 Å². The van der Waals surface area contributed by atoms with E-state index in [1.54, 1.807) is 6.08 Å². The Morgan fingerprint density at radius 2 is 1.77 bits per heavy atom. The van der Waals surface area contributed by atoms with Crippen molar-refractivity contribution in [3.8, 4) is 0 Å². The Hall–Kier alpha value is -2.10. The minimum Gasteiger partial charge on any atom is -0.465 e. The fourth-order valence-corrected chi connectivity index (χ4v) is 4.50. The number of carbonyl (C=O) groups excluding carboxylic acids is 2. The van der Waals surface area contributed by atoms with Crippen molar-refractivity contribution in [2.24, 2.45) is 29.6 Å². The highest BCUT2D eigenvalue weighted by Gasteiger charge is 2.51. The van der Waals surface area contributed by atoms with Gasteiger partial charge in [0.05, 0.1) is 19.1 Å². The fourth-order valence-electron chi connectivity index (χ4n) is 4.50. The SMILES string of the molecule is CC1C2CC(C(=O)OCCCOC(=O)/C=C/c3ccccc3)C(C2)C1C. The Morgan fingerprint density at radius 1 is 1.04 bits per heavy atom. The first-order valence-corrected chi connectivity index (χ1v) is 9.62. The molecule has 0 spiro atoms. The van der Waals surface area contributed by atoms with Crippen molar-refractivity contribution in [2.45, 2.75) is 33.1 Å². The number of fused-ring (bicyclic) bond motifs is 2. The molecule has 140 valence electrons. The lowest BCUT2D eigenvalue weighted by Gasteiger charge is -2.30. The molecule has 5 atom stereocenters. The van der Waals surface area contributed by atoms with Crippen molar-refractivity contribution in [3.05, 3.63) is 42.0 Å². The third-order valence-electron chi connectivity index (χ3n) is 6.19. The molecule has 2 bridgehead atoms. The molecule has 1 aromatic rings. The van der Waals surface area contributed by atoms with E-state index in [9.17, 15) is 9.59 Å². The molecule has 0 radical (unpaired) electrons. The van der Waals surface area contributed by atoms with Gasteiger partial charge in [-0.05, 0) is 48.2 Å². The molecule has 26 heavy (non-hydrogen) atoms. The van der Waals surface area contributed by atoms with Crippen molar-refractivity contribution in [3.63, 3.8) is 0 Å². The van der Waals surface area contributed by atoms with Crippen LogP contribution in [0.1, 0.15) is 38.7 Å². The lowest BCUT2D eigenvalue weighted by Crippen LogP contribution is -2.31. The molecule has 2 aliphatic rings. The second-order valence-electron chi connectivity index (χ2n) is 7.65. The highest BCUT2D eigenvalue weighted by atomic mass is 16.5. The topological polar surface area (TPSA) is 52.6 Å². The van der Waals surface area contributed by atoms with Crippen LogP contribution < -0.4 is 0 Å². The van der Waals surface area contributed by atoms with Crippen LogP contribution in [-0.4, -0.2) is 25.2 Å². The second kappa shape index (κ2) is 8.52. The minimum atomic E-state index is -0.379. The zero-order valence-corrected chi connectivity index (χ0v) is 15.6. The maximum atomic E-state index is 12.3. The van der Waals surface area contributed by atoms with Gasteiger partial charge in [-0.25, -0.2) is 4.79 Å². The Balaban J connectivity index is 1.30. The number of ether oxygens (including phenoxy) is 2. The quantitative estimate of drug-likeness (QED) is 0.419. The Bertz CT molecular complexity index is 649. The van der Waals surface area contributed by atoms with Gasteiger partial charge in [0, 0.05) is 12.5 Å². The number of esters is 2. The summed E-state index contributed by atoms with van der Waals surface area (Å²) in [7, 11) is 0. The zero-order chi connectivity index (χ0) is 18.5. The molecule has 3 rings (SSSR count). The maximum Gasteiger partial charge on any atom is 0.330 e. The summed E-state index contributed by atoms with van der Waals surface area (Å²) in [6.07, 6.45) is 5.82. The number of carbonyl (C=O) groups is 2. The van der Waals surface area contributed by atoms with Crippen molar-refractivity contribution in [1.82, 2.24) is 0 Å². The highest BCUT2D eigenvalue weighted by molar-refractivity contribution is 5.87. The molecule has 0 N–H and O–H groups in total. The minimum absolute atomic E-state index is 0.0634. The van der Waals surface area contributed by atoms with Gasteiger partial charge in [0.15, 0.2) is 0 Å². The van der Waals surface area contributed by atoms with Gasteiger partial charge >= 0.3 is 11.9 Å². The van der Waals surface area contributed by atoms with Crippen LogP contribution in [0, 0.1) is 29.6 Å². The van der Waals surface area contributed by atoms with Crippen LogP contribution in [0.15, 0.2) is 36.4 Å². The first-order chi connectivity index (χ1) is 12.6. The first-order valence-electron chi connectivity index (χ1n) is 9.62. The Kier molecular flexibility index (Phi) is 6.12. The first kappa shape index (κ1) is 18.7. The standard InChI is InChI=1S/C22H28O4/c1-15-16(2)19-13-18(15)14-20(19)22(24)26-12-6-11-25-21(23)10-9-17-7-4-3-5-8-17/h3-5,7-10,15-16,18-20H,6,11-14H2,1-2H3/b10-9+. The monoisotopic (exact) mass is 356 g/mol. The predicted molar refractivity (Wildman–Crippen MR) is 100 cm³/mol. The zero-order valence-electron chi connectivity index (χ0n) is 15.6. The van der Waals surface area contributed by atoms with E-state index in [0.717, 1.165) is 17.9 Å². The van der Waals surface area contributed by atoms with E-state index in [1.807, 2.05) is 30.3 Å². The van der Waals surface area contributed by atoms with E-state index < -0.39 is 0 Å². The van der Waals surface area contributed by atoms with E-state index in [0.29, 0.717) is 30.8 Å². The lowest BCUT2D eigenvalue weighted by molar-refractivity contribution is -0.152. The summed E-state index contributed by atoms with van der Waals surface area (Å²) in [5.74, 6) is 2.15. The maximum absolute atomic E-state index is 12.3. The number of hydrogen-bond donors (Lipinski definition) is 0. The summed E-state index contributed by atoms with van der Waals surface area (Å²) >= 11 is 0. The third kappa shape index (κ3) is 4.35. The summed E-state index contributed by atoms with van der Waals surface area (Å²) in [4.78, 5) is 24.0. The predicted octanol–water partition coefficient (Wildman–Crippen LogP) is 4.10. The summed E-state index contributed by atoms with van der Waals surface area (Å²) in [5, 5.41) is 0. The molecule has 0 aliphatic heterocycles. The Morgan fingerprint density at radius 3 is 2.46 bits per heavy atom. The van der Waals surface area contributed by atoms with Gasteiger partial charge in [-0.3, -0.25) is 4.79 Å². The van der Waals surface area contributed by atoms with Crippen LogP contribution in [0.25, 0.3) is 6.08 Å². The number of rotatable bonds is 7. The molecule has 2 saturated carbocycles. The molecular formula is C22H28O4. The Labute approximate surface area is 155 Å². The molecule has 4 heteroatoms. The smallest absolute Gasteiger partial charge is 0.330 e. The summed E-state index contributed by atoms with van der Waals surface area (Å²) in [6.45, 7) is 5.14. The second-order valence-corrected chi connectivity index (χ2v) is 7.65. The van der Waals surface area contributed by atoms with Gasteiger partial charge in [-0.1, -0.05) is 44.2 Å². The normalized spacial score (nSPS) is 29.8. The van der Waals surface area contributed by atoms with Crippen LogP contribution in [0.4, 0.5) is 0 Å². The van der Waals surface area contributed by atoms with Crippen molar-refractivity contribution in [2.75, 3.05) is 13.2 Å². The molecule has 0 saturated heterocycles. The van der Waals surface area contributed by atoms with E-state index in [2.05, 4.69) is 13.8 Å². The average Bonchev–Trinajstić information content (AvgIpc) is 3.21. The molecule has 0 aromatic heterocycles. The highest BCUT2D eigenvalue weighted by Crippen LogP contribution is 2.55. The van der Waals surface area contributed by atoms with Gasteiger partial charge in [0.2, 0.25) is 0 Å². The molecule has 0 amide bonds. The molecular weight excluding hydrogens is 328 g/mol. The van der Waals surface area contributed by atoms with E-state index in [-0.39, 0.29) is 24.5 Å². The van der Waals surface area contributed by atoms with E-state index in [1.165, 1.54) is 12.5 Å². The van der Waals surface area contributed by atoms with Gasteiger partial charge in [0.25, 0.3) is 0 Å². The fraction of sp³-hybridized carbons (Fsp3) is 0.545. The lowest BCUT2D eigenvalue weighted by atomic mass is 9.76. The van der Waals surface area contributed by atoms with Gasteiger partial charge in [-0.2, -0.15) is 0 Å². The van der Waals surface area contributed by atoms with E-state index >= 15 is 0 Å². The van der Waals surface area contributed by atoms with Crippen LogP contribution in [-0.2, 0) is 19.1 Å². The van der Waals surface area contributed by atoms with Crippen molar-refractivity contribution >= 4 is 18.0 Å². The van der Waals surface area contributed by atoms with Crippen molar-refractivity contribution in [1.29, 1.82) is 0 Å².